The Kier molecular flexibility index (Phi) is 12.1. The minimum atomic E-state index is 0.563. The summed E-state index contributed by atoms with van der Waals surface area (Å²) >= 11 is 0. The molecule has 0 spiro atoms. The SMILES string of the molecule is CCCCCCCCCC(CC)COC=O. The van der Waals surface area contributed by atoms with Gasteiger partial charge in [-0.05, 0) is 12.3 Å². The molecule has 16 heavy (non-hydrogen) atoms. The third-order valence-corrected chi connectivity index (χ3v) is 3.19. The van der Waals surface area contributed by atoms with Crippen LogP contribution >= 0.6 is 0 Å². The monoisotopic (exact) mass is 228 g/mol. The number of unbranched alkanes of at least 4 members (excludes halogenated alkanes) is 6. The molecule has 0 saturated carbocycles. The Morgan fingerprint density at radius 1 is 1.00 bits per heavy atom. The molecule has 2 nitrogen and oxygen atoms in total. The van der Waals surface area contributed by atoms with Crippen molar-refractivity contribution in [2.75, 3.05) is 6.61 Å². The van der Waals surface area contributed by atoms with Gasteiger partial charge in [0.1, 0.15) is 0 Å². The van der Waals surface area contributed by atoms with Crippen LogP contribution in [0.3, 0.4) is 0 Å². The normalized spacial score (nSPS) is 12.4. The molecule has 0 aromatic rings. The summed E-state index contributed by atoms with van der Waals surface area (Å²) in [5, 5.41) is 0. The first-order chi connectivity index (χ1) is 7.85. The molecule has 0 amide bonds. The van der Waals surface area contributed by atoms with Gasteiger partial charge in [0.2, 0.25) is 0 Å². The first-order valence-electron chi connectivity index (χ1n) is 6.90. The van der Waals surface area contributed by atoms with Crippen LogP contribution in [0.5, 0.6) is 0 Å². The summed E-state index contributed by atoms with van der Waals surface area (Å²) in [6.07, 6.45) is 11.8. The second-order valence-electron chi connectivity index (χ2n) is 4.61. The second-order valence-corrected chi connectivity index (χ2v) is 4.61. The van der Waals surface area contributed by atoms with Crippen molar-refractivity contribution in [3.63, 3.8) is 0 Å². The Balaban J connectivity index is 3.23. The van der Waals surface area contributed by atoms with E-state index in [1.807, 2.05) is 0 Å². The van der Waals surface area contributed by atoms with E-state index in [1.165, 1.54) is 51.4 Å². The number of rotatable bonds is 12. The summed E-state index contributed by atoms with van der Waals surface area (Å²) in [5.74, 6) is 0.570. The Morgan fingerprint density at radius 2 is 1.62 bits per heavy atom. The second kappa shape index (κ2) is 12.5. The van der Waals surface area contributed by atoms with Crippen molar-refractivity contribution in [2.45, 2.75) is 71.6 Å². The highest BCUT2D eigenvalue weighted by Gasteiger charge is 2.05. The number of hydrogen-bond donors (Lipinski definition) is 0. The lowest BCUT2D eigenvalue weighted by atomic mass is 9.98. The zero-order valence-corrected chi connectivity index (χ0v) is 11.0. The van der Waals surface area contributed by atoms with E-state index < -0.39 is 0 Å². The maximum atomic E-state index is 10.1. The Morgan fingerprint density at radius 3 is 2.19 bits per heavy atom. The summed E-state index contributed by atoms with van der Waals surface area (Å²) in [6.45, 7) is 5.59. The first kappa shape index (κ1) is 15.5. The highest BCUT2D eigenvalue weighted by molar-refractivity contribution is 5.36. The van der Waals surface area contributed by atoms with Crippen molar-refractivity contribution >= 4 is 6.47 Å². The van der Waals surface area contributed by atoms with Crippen LogP contribution < -0.4 is 0 Å². The van der Waals surface area contributed by atoms with Gasteiger partial charge in [0.25, 0.3) is 6.47 Å². The Labute approximate surface area is 101 Å². The van der Waals surface area contributed by atoms with Crippen LogP contribution in [-0.2, 0) is 9.53 Å². The van der Waals surface area contributed by atoms with E-state index in [-0.39, 0.29) is 0 Å². The van der Waals surface area contributed by atoms with Gasteiger partial charge < -0.3 is 4.74 Å². The fourth-order valence-electron chi connectivity index (χ4n) is 1.97. The quantitative estimate of drug-likeness (QED) is 0.367. The molecule has 0 rings (SSSR count). The van der Waals surface area contributed by atoms with Crippen LogP contribution in [0.15, 0.2) is 0 Å². The number of carbonyl (C=O) groups excluding carboxylic acids is 1. The molecule has 96 valence electrons. The summed E-state index contributed by atoms with van der Waals surface area (Å²) < 4.78 is 4.82. The van der Waals surface area contributed by atoms with Crippen molar-refractivity contribution in [1.82, 2.24) is 0 Å². The third kappa shape index (κ3) is 10.0. The number of carbonyl (C=O) groups is 1. The third-order valence-electron chi connectivity index (χ3n) is 3.19. The zero-order valence-electron chi connectivity index (χ0n) is 11.0. The molecular weight excluding hydrogens is 200 g/mol. The van der Waals surface area contributed by atoms with Gasteiger partial charge in [-0.15, -0.1) is 0 Å². The van der Waals surface area contributed by atoms with E-state index in [1.54, 1.807) is 0 Å². The topological polar surface area (TPSA) is 26.3 Å². The Bertz CT molecular complexity index is 146. The summed E-state index contributed by atoms with van der Waals surface area (Å²) in [5.41, 5.74) is 0. The lowest BCUT2D eigenvalue weighted by molar-refractivity contribution is -0.130. The maximum Gasteiger partial charge on any atom is 0.293 e. The van der Waals surface area contributed by atoms with Gasteiger partial charge in [-0.2, -0.15) is 0 Å². The highest BCUT2D eigenvalue weighted by atomic mass is 16.5. The van der Waals surface area contributed by atoms with Gasteiger partial charge >= 0.3 is 0 Å². The van der Waals surface area contributed by atoms with E-state index in [9.17, 15) is 4.79 Å². The van der Waals surface area contributed by atoms with Gasteiger partial charge in [0.15, 0.2) is 0 Å². The fourth-order valence-corrected chi connectivity index (χ4v) is 1.97. The Hall–Kier alpha value is -0.530. The summed E-state index contributed by atoms with van der Waals surface area (Å²) in [4.78, 5) is 10.1. The molecule has 1 unspecified atom stereocenters. The molecule has 0 saturated heterocycles. The standard InChI is InChI=1S/C14H28O2/c1-3-5-6-7-8-9-10-11-14(4-2)12-16-13-15/h13-14H,3-12H2,1-2H3. The van der Waals surface area contributed by atoms with Crippen molar-refractivity contribution in [3.8, 4) is 0 Å². The summed E-state index contributed by atoms with van der Waals surface area (Å²) in [6, 6.07) is 0. The van der Waals surface area contributed by atoms with E-state index in [0.717, 1.165) is 6.42 Å². The average Bonchev–Trinajstić information content (AvgIpc) is 2.32. The van der Waals surface area contributed by atoms with Crippen molar-refractivity contribution in [3.05, 3.63) is 0 Å². The van der Waals surface area contributed by atoms with Crippen molar-refractivity contribution in [1.29, 1.82) is 0 Å². The van der Waals surface area contributed by atoms with Crippen LogP contribution in [-0.4, -0.2) is 13.1 Å². The van der Waals surface area contributed by atoms with E-state index in [0.29, 0.717) is 19.0 Å². The zero-order chi connectivity index (χ0) is 12.1. The molecular formula is C14H28O2. The molecule has 0 bridgehead atoms. The number of hydrogen-bond acceptors (Lipinski definition) is 2. The minimum Gasteiger partial charge on any atom is -0.468 e. The summed E-state index contributed by atoms with van der Waals surface area (Å²) in [7, 11) is 0. The van der Waals surface area contributed by atoms with E-state index in [2.05, 4.69) is 13.8 Å². The molecule has 0 aliphatic heterocycles. The number of ether oxygens (including phenoxy) is 1. The minimum absolute atomic E-state index is 0.563. The van der Waals surface area contributed by atoms with Crippen molar-refractivity contribution in [2.24, 2.45) is 5.92 Å². The molecule has 0 aliphatic carbocycles. The van der Waals surface area contributed by atoms with Gasteiger partial charge in [-0.1, -0.05) is 65.2 Å². The van der Waals surface area contributed by atoms with Crippen LogP contribution in [0.4, 0.5) is 0 Å². The fraction of sp³-hybridized carbons (Fsp3) is 0.929. The van der Waals surface area contributed by atoms with Crippen LogP contribution in [0.1, 0.15) is 71.6 Å². The van der Waals surface area contributed by atoms with Gasteiger partial charge in [-0.25, -0.2) is 0 Å². The molecule has 0 aliphatic rings. The van der Waals surface area contributed by atoms with Crippen LogP contribution in [0.2, 0.25) is 0 Å². The molecule has 2 heteroatoms. The molecule has 0 aromatic heterocycles. The van der Waals surface area contributed by atoms with Crippen LogP contribution in [0, 0.1) is 5.92 Å². The predicted molar refractivity (Wildman–Crippen MR) is 68.4 cm³/mol. The molecule has 0 radical (unpaired) electrons. The van der Waals surface area contributed by atoms with E-state index >= 15 is 0 Å². The molecule has 0 N–H and O–H groups in total. The lowest BCUT2D eigenvalue weighted by Crippen LogP contribution is -2.07. The van der Waals surface area contributed by atoms with E-state index in [4.69, 9.17) is 4.74 Å². The first-order valence-corrected chi connectivity index (χ1v) is 6.90. The highest BCUT2D eigenvalue weighted by Crippen LogP contribution is 2.15. The van der Waals surface area contributed by atoms with Gasteiger partial charge in [-0.3, -0.25) is 4.79 Å². The molecule has 0 heterocycles. The van der Waals surface area contributed by atoms with Crippen LogP contribution in [0.25, 0.3) is 0 Å². The molecule has 0 fully saturated rings. The largest absolute Gasteiger partial charge is 0.468 e. The molecule has 1 atom stereocenters. The lowest BCUT2D eigenvalue weighted by Gasteiger charge is -2.12. The van der Waals surface area contributed by atoms with Gasteiger partial charge in [0.05, 0.1) is 6.61 Å². The molecule has 0 aromatic carbocycles. The average molecular weight is 228 g/mol. The maximum absolute atomic E-state index is 10.1. The smallest absolute Gasteiger partial charge is 0.293 e. The van der Waals surface area contributed by atoms with Crippen molar-refractivity contribution < 1.29 is 9.53 Å². The van der Waals surface area contributed by atoms with Gasteiger partial charge in [0, 0.05) is 0 Å². The predicted octanol–water partition coefficient (Wildman–Crippen LogP) is 4.33.